The number of nitrogens with one attached hydrogen (secondary N) is 2. The van der Waals surface area contributed by atoms with Crippen molar-refractivity contribution in [1.29, 1.82) is 0 Å². The molecule has 1 aliphatic heterocycles. The zero-order valence-corrected chi connectivity index (χ0v) is 22.8. The van der Waals surface area contributed by atoms with E-state index < -0.39 is 24.1 Å². The fourth-order valence-corrected chi connectivity index (χ4v) is 5.33. The van der Waals surface area contributed by atoms with E-state index in [0.717, 1.165) is 31.2 Å². The molecule has 0 aromatic heterocycles. The zero-order chi connectivity index (χ0) is 28.8. The minimum Gasteiger partial charge on any atom is -0.469 e. The number of benzodiazepines with no additional fused rings is 1. The van der Waals surface area contributed by atoms with Crippen LogP contribution >= 0.6 is 0 Å². The lowest BCUT2D eigenvalue weighted by Crippen LogP contribution is -2.50. The molecule has 0 saturated heterocycles. The Bertz CT molecular complexity index is 1480. The molecule has 5 rings (SSSR count). The predicted octanol–water partition coefficient (Wildman–Crippen LogP) is 4.49. The van der Waals surface area contributed by atoms with Crippen LogP contribution in [-0.4, -0.2) is 49.2 Å². The van der Waals surface area contributed by atoms with Gasteiger partial charge in [0.15, 0.2) is 5.78 Å². The lowest BCUT2D eigenvalue weighted by molar-refractivity contribution is -0.139. The largest absolute Gasteiger partial charge is 0.469 e. The molecule has 9 heteroatoms. The molecule has 210 valence electrons. The number of ether oxygens (including phenoxy) is 1. The van der Waals surface area contributed by atoms with Gasteiger partial charge in [0.05, 0.1) is 31.5 Å². The second-order valence-electron chi connectivity index (χ2n) is 10.2. The van der Waals surface area contributed by atoms with Gasteiger partial charge in [-0.05, 0) is 36.6 Å². The molecule has 1 atom stereocenters. The number of esters is 1. The van der Waals surface area contributed by atoms with E-state index in [1.54, 1.807) is 24.3 Å². The van der Waals surface area contributed by atoms with E-state index >= 15 is 0 Å². The number of aliphatic imine (C=N–C) groups is 1. The average Bonchev–Trinajstić information content (AvgIpc) is 3.50. The molecule has 1 heterocycles. The molecule has 3 aromatic rings. The quantitative estimate of drug-likeness (QED) is 0.399. The van der Waals surface area contributed by atoms with Crippen molar-refractivity contribution in [1.82, 2.24) is 5.32 Å². The number of rotatable bonds is 8. The van der Waals surface area contributed by atoms with E-state index in [9.17, 15) is 19.2 Å². The molecular formula is C32H32N4O5. The van der Waals surface area contributed by atoms with Crippen LogP contribution in [0.3, 0.4) is 0 Å². The molecule has 0 radical (unpaired) electrons. The van der Waals surface area contributed by atoms with E-state index in [0.29, 0.717) is 28.2 Å². The fourth-order valence-electron chi connectivity index (χ4n) is 5.33. The van der Waals surface area contributed by atoms with Gasteiger partial charge in [-0.2, -0.15) is 0 Å². The van der Waals surface area contributed by atoms with Gasteiger partial charge < -0.3 is 20.3 Å². The molecule has 3 amide bonds. The normalized spacial score (nSPS) is 16.8. The van der Waals surface area contributed by atoms with Gasteiger partial charge in [-0.3, -0.25) is 14.4 Å². The molecule has 1 fully saturated rings. The number of benzene rings is 3. The Morgan fingerprint density at radius 2 is 1.68 bits per heavy atom. The number of hydrogen-bond acceptors (Lipinski definition) is 6. The zero-order valence-electron chi connectivity index (χ0n) is 22.8. The highest BCUT2D eigenvalue weighted by atomic mass is 16.5. The van der Waals surface area contributed by atoms with Crippen LogP contribution in [0.4, 0.5) is 16.2 Å². The first-order valence-corrected chi connectivity index (χ1v) is 13.7. The molecule has 3 aromatic carbocycles. The summed E-state index contributed by atoms with van der Waals surface area (Å²) < 4.78 is 4.72. The number of carbonyl (C=O) groups is 4. The molecule has 0 unspecified atom stereocenters. The second kappa shape index (κ2) is 12.6. The van der Waals surface area contributed by atoms with Gasteiger partial charge in [-0.15, -0.1) is 0 Å². The van der Waals surface area contributed by atoms with Gasteiger partial charge in [0.2, 0.25) is 6.17 Å². The van der Waals surface area contributed by atoms with Crippen LogP contribution in [0.5, 0.6) is 0 Å². The first kappa shape index (κ1) is 27.8. The Labute approximate surface area is 238 Å². The summed E-state index contributed by atoms with van der Waals surface area (Å²) in [6, 6.07) is 22.9. The van der Waals surface area contributed by atoms with Crippen molar-refractivity contribution in [3.05, 3.63) is 95.6 Å². The maximum Gasteiger partial charge on any atom is 0.321 e. The van der Waals surface area contributed by atoms with Crippen LogP contribution in [0.2, 0.25) is 0 Å². The summed E-state index contributed by atoms with van der Waals surface area (Å²) in [6.45, 7) is -0.0898. The van der Waals surface area contributed by atoms with E-state index in [4.69, 9.17) is 9.73 Å². The Balaban J connectivity index is 1.45. The number of nitrogens with zero attached hydrogens (tertiary/aromatic N) is 2. The van der Waals surface area contributed by atoms with Gasteiger partial charge in [0.1, 0.15) is 0 Å². The van der Waals surface area contributed by atoms with Crippen molar-refractivity contribution in [3.63, 3.8) is 0 Å². The maximum atomic E-state index is 14.0. The van der Waals surface area contributed by atoms with Crippen molar-refractivity contribution in [3.8, 4) is 0 Å². The van der Waals surface area contributed by atoms with Gasteiger partial charge in [0, 0.05) is 22.7 Å². The summed E-state index contributed by atoms with van der Waals surface area (Å²) in [4.78, 5) is 58.3. The van der Waals surface area contributed by atoms with Gasteiger partial charge in [-0.1, -0.05) is 73.5 Å². The topological polar surface area (TPSA) is 117 Å². The van der Waals surface area contributed by atoms with E-state index in [1.807, 2.05) is 54.6 Å². The number of fused-ring (bicyclic) bond motifs is 1. The number of para-hydroxylation sites is 1. The third-order valence-electron chi connectivity index (χ3n) is 7.41. The number of Topliss-reactive ketones (excluding diaryl/α,β-unsaturated/α-hetero) is 1. The summed E-state index contributed by atoms with van der Waals surface area (Å²) in [5.74, 6) is -0.950. The summed E-state index contributed by atoms with van der Waals surface area (Å²) in [5, 5.41) is 5.43. The van der Waals surface area contributed by atoms with Crippen LogP contribution < -0.4 is 15.5 Å². The number of carbonyl (C=O) groups excluding carboxylic acids is 4. The lowest BCUT2D eigenvalue weighted by Gasteiger charge is -2.26. The lowest BCUT2D eigenvalue weighted by atomic mass is 9.99. The smallest absolute Gasteiger partial charge is 0.321 e. The number of amides is 3. The summed E-state index contributed by atoms with van der Waals surface area (Å²) in [7, 11) is 1.31. The van der Waals surface area contributed by atoms with Gasteiger partial charge in [0.25, 0.3) is 5.91 Å². The molecule has 1 saturated carbocycles. The SMILES string of the molecule is COC(=O)Cc1cccc(NC(=O)N[C@@H]2N=C(c3ccccc3)c3ccccc3N(CC(=O)C3CCCC3)C2=O)c1. The fraction of sp³-hybridized carbons (Fsp3) is 0.281. The number of hydrogen-bond donors (Lipinski definition) is 2. The summed E-state index contributed by atoms with van der Waals surface area (Å²) in [6.07, 6.45) is 2.44. The molecule has 9 nitrogen and oxygen atoms in total. The highest BCUT2D eigenvalue weighted by molar-refractivity contribution is 6.21. The van der Waals surface area contributed by atoms with Crippen LogP contribution in [0.1, 0.15) is 42.4 Å². The van der Waals surface area contributed by atoms with Crippen molar-refractivity contribution in [2.75, 3.05) is 23.9 Å². The number of anilines is 2. The first-order valence-electron chi connectivity index (χ1n) is 13.7. The molecule has 2 aliphatic rings. The number of urea groups is 1. The van der Waals surface area contributed by atoms with E-state index in [1.165, 1.54) is 12.0 Å². The average molecular weight is 553 g/mol. The Hall–Kier alpha value is -4.79. The molecule has 1 aliphatic carbocycles. The van der Waals surface area contributed by atoms with E-state index in [2.05, 4.69) is 10.6 Å². The Morgan fingerprint density at radius 1 is 0.951 bits per heavy atom. The van der Waals surface area contributed by atoms with Crippen LogP contribution in [0.25, 0.3) is 0 Å². The highest BCUT2D eigenvalue weighted by Gasteiger charge is 2.35. The van der Waals surface area contributed by atoms with Crippen molar-refractivity contribution in [2.45, 2.75) is 38.3 Å². The van der Waals surface area contributed by atoms with Gasteiger partial charge >= 0.3 is 12.0 Å². The molecule has 0 bridgehead atoms. The Kier molecular flexibility index (Phi) is 8.53. The van der Waals surface area contributed by atoms with Crippen molar-refractivity contribution >= 4 is 40.8 Å². The minimum absolute atomic E-state index is 0.0134. The van der Waals surface area contributed by atoms with Crippen molar-refractivity contribution < 1.29 is 23.9 Å². The molecular weight excluding hydrogens is 520 g/mol. The highest BCUT2D eigenvalue weighted by Crippen LogP contribution is 2.31. The number of methoxy groups -OCH3 is 1. The monoisotopic (exact) mass is 552 g/mol. The Morgan fingerprint density at radius 3 is 2.44 bits per heavy atom. The van der Waals surface area contributed by atoms with Crippen LogP contribution in [-0.2, 0) is 25.5 Å². The third kappa shape index (κ3) is 6.51. The molecule has 2 N–H and O–H groups in total. The maximum absolute atomic E-state index is 14.0. The van der Waals surface area contributed by atoms with Crippen LogP contribution in [0, 0.1) is 5.92 Å². The minimum atomic E-state index is -1.28. The third-order valence-corrected chi connectivity index (χ3v) is 7.41. The standard InChI is InChI=1S/C32H32N4O5/c1-41-28(38)19-21-10-9-15-24(18-21)33-32(40)35-30-31(39)36(20-27(37)22-11-5-6-12-22)26-17-8-7-16-25(26)29(34-30)23-13-3-2-4-14-23/h2-4,7-10,13-18,22,30H,5-6,11-12,19-20H2,1H3,(H2,33,35,40)/t30-/m0/s1. The number of ketones is 1. The predicted molar refractivity (Wildman–Crippen MR) is 156 cm³/mol. The van der Waals surface area contributed by atoms with E-state index in [-0.39, 0.29) is 24.7 Å². The molecule has 0 spiro atoms. The van der Waals surface area contributed by atoms with Gasteiger partial charge in [-0.25, -0.2) is 9.79 Å². The second-order valence-corrected chi connectivity index (χ2v) is 10.2. The summed E-state index contributed by atoms with van der Waals surface area (Å²) >= 11 is 0. The summed E-state index contributed by atoms with van der Waals surface area (Å²) in [5.41, 5.74) is 3.69. The molecule has 41 heavy (non-hydrogen) atoms. The van der Waals surface area contributed by atoms with Crippen molar-refractivity contribution in [2.24, 2.45) is 10.9 Å². The first-order chi connectivity index (χ1) is 19.9. The van der Waals surface area contributed by atoms with Crippen LogP contribution in [0.15, 0.2) is 83.9 Å².